The summed E-state index contributed by atoms with van der Waals surface area (Å²) in [6, 6.07) is 3.08. The maximum atomic E-state index is 12.4. The Hall–Kier alpha value is -2.51. The Morgan fingerprint density at radius 2 is 1.71 bits per heavy atom. The largest absolute Gasteiger partial charge is 0.336 e. The van der Waals surface area contributed by atoms with Gasteiger partial charge in [0.15, 0.2) is 0 Å². The molecule has 1 aromatic rings. The summed E-state index contributed by atoms with van der Waals surface area (Å²) in [5.74, 6) is -0.394. The predicted molar refractivity (Wildman–Crippen MR) is 74.1 cm³/mol. The van der Waals surface area contributed by atoms with Gasteiger partial charge in [-0.2, -0.15) is 0 Å². The number of amides is 1. The van der Waals surface area contributed by atoms with Gasteiger partial charge in [0, 0.05) is 24.7 Å². The molecule has 1 aliphatic heterocycles. The van der Waals surface area contributed by atoms with Gasteiger partial charge in [-0.15, -0.1) is 0 Å². The van der Waals surface area contributed by atoms with Crippen LogP contribution in [0.25, 0.3) is 0 Å². The standard InChI is InChI=1S/C13H15N3O5/c1-9-4-2-3-5-14(9)13(17)10-6-11(15(18)19)8-12(7-10)16(20)21/h6-9H,2-5H2,1H3. The van der Waals surface area contributed by atoms with Gasteiger partial charge >= 0.3 is 0 Å². The molecule has 0 aliphatic carbocycles. The maximum absolute atomic E-state index is 12.4. The molecular weight excluding hydrogens is 278 g/mol. The van der Waals surface area contributed by atoms with E-state index in [9.17, 15) is 25.0 Å². The summed E-state index contributed by atoms with van der Waals surface area (Å²) >= 11 is 0. The van der Waals surface area contributed by atoms with Gasteiger partial charge in [-0.1, -0.05) is 0 Å². The first-order chi connectivity index (χ1) is 9.90. The highest BCUT2D eigenvalue weighted by Crippen LogP contribution is 2.25. The lowest BCUT2D eigenvalue weighted by molar-refractivity contribution is -0.394. The highest BCUT2D eigenvalue weighted by atomic mass is 16.6. The van der Waals surface area contributed by atoms with Gasteiger partial charge in [0.05, 0.1) is 21.5 Å². The summed E-state index contributed by atoms with van der Waals surface area (Å²) in [6.07, 6.45) is 2.76. The molecule has 0 radical (unpaired) electrons. The lowest BCUT2D eigenvalue weighted by atomic mass is 10.0. The molecule has 1 fully saturated rings. The van der Waals surface area contributed by atoms with E-state index in [0.717, 1.165) is 37.5 Å². The second-order valence-corrected chi connectivity index (χ2v) is 5.10. The molecule has 1 unspecified atom stereocenters. The third kappa shape index (κ3) is 3.15. The number of nitro benzene ring substituents is 2. The minimum Gasteiger partial charge on any atom is -0.336 e. The van der Waals surface area contributed by atoms with Crippen LogP contribution in [0.15, 0.2) is 18.2 Å². The molecule has 8 nitrogen and oxygen atoms in total. The van der Waals surface area contributed by atoms with Crippen molar-refractivity contribution in [3.05, 3.63) is 44.0 Å². The fourth-order valence-corrected chi connectivity index (χ4v) is 2.50. The number of nitro groups is 2. The van der Waals surface area contributed by atoms with Crippen LogP contribution >= 0.6 is 0 Å². The number of carbonyl (C=O) groups excluding carboxylic acids is 1. The van der Waals surface area contributed by atoms with E-state index in [2.05, 4.69) is 0 Å². The van der Waals surface area contributed by atoms with Crippen LogP contribution in [0.3, 0.4) is 0 Å². The van der Waals surface area contributed by atoms with Crippen LogP contribution in [0.1, 0.15) is 36.5 Å². The summed E-state index contributed by atoms with van der Waals surface area (Å²) in [7, 11) is 0. The van der Waals surface area contributed by atoms with Gasteiger partial charge < -0.3 is 4.90 Å². The number of carbonyl (C=O) groups is 1. The molecule has 21 heavy (non-hydrogen) atoms. The van der Waals surface area contributed by atoms with Crippen molar-refractivity contribution in [1.82, 2.24) is 4.90 Å². The molecule has 112 valence electrons. The summed E-state index contributed by atoms with van der Waals surface area (Å²) in [5, 5.41) is 21.7. The lowest BCUT2D eigenvalue weighted by Crippen LogP contribution is -2.42. The molecule has 0 aromatic heterocycles. The highest BCUT2D eigenvalue weighted by molar-refractivity contribution is 5.95. The van der Waals surface area contributed by atoms with Crippen LogP contribution in [0.2, 0.25) is 0 Å². The van der Waals surface area contributed by atoms with Crippen LogP contribution in [0, 0.1) is 20.2 Å². The number of benzene rings is 1. The predicted octanol–water partition coefficient (Wildman–Crippen LogP) is 2.52. The van der Waals surface area contributed by atoms with Gasteiger partial charge in [-0.25, -0.2) is 0 Å². The topological polar surface area (TPSA) is 107 Å². The molecule has 1 heterocycles. The molecule has 1 aromatic carbocycles. The molecule has 8 heteroatoms. The van der Waals surface area contributed by atoms with Gasteiger partial charge in [-0.05, 0) is 26.2 Å². The molecule has 2 rings (SSSR count). The summed E-state index contributed by atoms with van der Waals surface area (Å²) in [4.78, 5) is 34.3. The van der Waals surface area contributed by atoms with Crippen molar-refractivity contribution in [2.45, 2.75) is 32.2 Å². The van der Waals surface area contributed by atoms with E-state index < -0.39 is 27.1 Å². The first kappa shape index (κ1) is 14.9. The minimum atomic E-state index is -0.733. The van der Waals surface area contributed by atoms with Crippen LogP contribution in [0.4, 0.5) is 11.4 Å². The summed E-state index contributed by atoms with van der Waals surface area (Å²) in [6.45, 7) is 2.47. The number of hydrogen-bond acceptors (Lipinski definition) is 5. The maximum Gasteiger partial charge on any atom is 0.277 e. The Balaban J connectivity index is 2.39. The molecular formula is C13H15N3O5. The Bertz CT molecular complexity index is 569. The van der Waals surface area contributed by atoms with Crippen molar-refractivity contribution in [2.75, 3.05) is 6.54 Å². The fourth-order valence-electron chi connectivity index (χ4n) is 2.50. The SMILES string of the molecule is CC1CCCCN1C(=O)c1cc([N+](=O)[O-])cc([N+](=O)[O-])c1. The molecule has 0 N–H and O–H groups in total. The quantitative estimate of drug-likeness (QED) is 0.628. The highest BCUT2D eigenvalue weighted by Gasteiger charge is 2.27. The van der Waals surface area contributed by atoms with Crippen LogP contribution < -0.4 is 0 Å². The van der Waals surface area contributed by atoms with E-state index in [1.807, 2.05) is 6.92 Å². The number of rotatable bonds is 3. The summed E-state index contributed by atoms with van der Waals surface area (Å²) < 4.78 is 0. The normalized spacial score (nSPS) is 18.3. The smallest absolute Gasteiger partial charge is 0.277 e. The Morgan fingerprint density at radius 1 is 1.14 bits per heavy atom. The van der Waals surface area contributed by atoms with Crippen molar-refractivity contribution in [3.63, 3.8) is 0 Å². The molecule has 1 amide bonds. The van der Waals surface area contributed by atoms with Crippen molar-refractivity contribution in [1.29, 1.82) is 0 Å². The zero-order valence-corrected chi connectivity index (χ0v) is 11.5. The average molecular weight is 293 g/mol. The monoisotopic (exact) mass is 293 g/mol. The Kier molecular flexibility index (Phi) is 4.15. The zero-order valence-electron chi connectivity index (χ0n) is 11.5. The van der Waals surface area contributed by atoms with E-state index in [1.165, 1.54) is 0 Å². The van der Waals surface area contributed by atoms with Crippen LogP contribution in [-0.2, 0) is 0 Å². The molecule has 0 saturated carbocycles. The molecule has 0 bridgehead atoms. The number of hydrogen-bond donors (Lipinski definition) is 0. The molecule has 0 spiro atoms. The van der Waals surface area contributed by atoms with E-state index >= 15 is 0 Å². The van der Waals surface area contributed by atoms with E-state index in [-0.39, 0.29) is 11.6 Å². The van der Waals surface area contributed by atoms with Gasteiger partial charge in [0.1, 0.15) is 0 Å². The van der Waals surface area contributed by atoms with Crippen molar-refractivity contribution >= 4 is 17.3 Å². The number of nitrogens with zero attached hydrogens (tertiary/aromatic N) is 3. The minimum absolute atomic E-state index is 0.00958. The van der Waals surface area contributed by atoms with E-state index in [4.69, 9.17) is 0 Å². The third-order valence-electron chi connectivity index (χ3n) is 3.63. The van der Waals surface area contributed by atoms with Crippen LogP contribution in [-0.4, -0.2) is 33.2 Å². The lowest BCUT2D eigenvalue weighted by Gasteiger charge is -2.33. The van der Waals surface area contributed by atoms with Gasteiger partial charge in [-0.3, -0.25) is 25.0 Å². The van der Waals surface area contributed by atoms with Gasteiger partial charge in [0.2, 0.25) is 0 Å². The van der Waals surface area contributed by atoms with Gasteiger partial charge in [0.25, 0.3) is 17.3 Å². The van der Waals surface area contributed by atoms with E-state index in [1.54, 1.807) is 4.90 Å². The fraction of sp³-hybridized carbons (Fsp3) is 0.462. The molecule has 1 aliphatic rings. The second-order valence-electron chi connectivity index (χ2n) is 5.10. The van der Waals surface area contributed by atoms with Crippen molar-refractivity contribution in [3.8, 4) is 0 Å². The van der Waals surface area contributed by atoms with Crippen molar-refractivity contribution < 1.29 is 14.6 Å². The van der Waals surface area contributed by atoms with Crippen LogP contribution in [0.5, 0.6) is 0 Å². The van der Waals surface area contributed by atoms with E-state index in [0.29, 0.717) is 6.54 Å². The second kappa shape index (κ2) is 5.86. The first-order valence-corrected chi connectivity index (χ1v) is 6.65. The third-order valence-corrected chi connectivity index (χ3v) is 3.63. The number of likely N-dealkylation sites (tertiary alicyclic amines) is 1. The summed E-state index contributed by atoms with van der Waals surface area (Å²) in [5.41, 5.74) is -0.904. The zero-order chi connectivity index (χ0) is 15.6. The van der Waals surface area contributed by atoms with Crippen molar-refractivity contribution in [2.24, 2.45) is 0 Å². The first-order valence-electron chi connectivity index (χ1n) is 6.65. The Labute approximate surface area is 120 Å². The number of non-ortho nitro benzene ring substituents is 2. The molecule has 1 saturated heterocycles. The molecule has 1 atom stereocenters. The average Bonchev–Trinajstić information content (AvgIpc) is 2.46. The Morgan fingerprint density at radius 3 is 2.19 bits per heavy atom. The number of piperidine rings is 1.